The fraction of sp³-hybridized carbons (Fsp3) is 0.200. The van der Waals surface area contributed by atoms with Gasteiger partial charge in [-0.3, -0.25) is 9.59 Å². The molecule has 0 saturated carbocycles. The van der Waals surface area contributed by atoms with E-state index in [0.29, 0.717) is 22.9 Å². The Morgan fingerprint density at radius 1 is 0.946 bits per heavy atom. The van der Waals surface area contributed by atoms with Crippen molar-refractivity contribution in [2.75, 3.05) is 10.2 Å². The molecule has 194 valence electrons. The van der Waals surface area contributed by atoms with Crippen molar-refractivity contribution in [3.63, 3.8) is 0 Å². The van der Waals surface area contributed by atoms with E-state index in [1.54, 1.807) is 31.2 Å². The standard InChI is InChI=1S/C25H17ClF6N2O3/c1-13-23(36)34(12-14-2-4-18(26)5-3-14)20-11-19(6-7-21(20)37-13)33-22(35)15-8-16(24(27,28)29)10-17(9-15)25(30,31)32/h2-11,13H,12H2,1H3,(H,33,35). The van der Waals surface area contributed by atoms with Crippen LogP contribution in [0.3, 0.4) is 0 Å². The highest BCUT2D eigenvalue weighted by atomic mass is 35.5. The molecule has 12 heteroatoms. The van der Waals surface area contributed by atoms with Gasteiger partial charge in [-0.05, 0) is 61.0 Å². The van der Waals surface area contributed by atoms with Gasteiger partial charge in [0.15, 0.2) is 6.10 Å². The van der Waals surface area contributed by atoms with E-state index >= 15 is 0 Å². The number of alkyl halides is 6. The van der Waals surface area contributed by atoms with E-state index in [4.69, 9.17) is 16.3 Å². The summed E-state index contributed by atoms with van der Waals surface area (Å²) in [4.78, 5) is 26.9. The molecule has 3 aromatic carbocycles. The number of halogens is 7. The van der Waals surface area contributed by atoms with Crippen LogP contribution in [0.1, 0.15) is 34.0 Å². The molecule has 5 nitrogen and oxygen atoms in total. The zero-order chi connectivity index (χ0) is 27.1. The zero-order valence-electron chi connectivity index (χ0n) is 18.9. The molecule has 0 radical (unpaired) electrons. The van der Waals surface area contributed by atoms with E-state index in [-0.39, 0.29) is 24.0 Å². The molecule has 1 atom stereocenters. The van der Waals surface area contributed by atoms with Gasteiger partial charge in [-0.25, -0.2) is 0 Å². The Hall–Kier alpha value is -3.73. The summed E-state index contributed by atoms with van der Waals surface area (Å²) in [5.74, 6) is -1.28. The molecule has 1 N–H and O–H groups in total. The molecule has 3 aromatic rings. The molecule has 0 fully saturated rings. The van der Waals surface area contributed by atoms with Crippen LogP contribution in [0.2, 0.25) is 5.02 Å². The summed E-state index contributed by atoms with van der Waals surface area (Å²) in [6, 6.07) is 11.5. The third kappa shape index (κ3) is 5.82. The minimum Gasteiger partial charge on any atom is -0.479 e. The van der Waals surface area contributed by atoms with E-state index in [0.717, 1.165) is 5.56 Å². The van der Waals surface area contributed by atoms with E-state index < -0.39 is 47.0 Å². The first-order valence-corrected chi connectivity index (χ1v) is 11.1. The highest BCUT2D eigenvalue weighted by Crippen LogP contribution is 2.39. The first kappa shape index (κ1) is 26.3. The number of nitrogens with zero attached hydrogens (tertiary/aromatic N) is 1. The van der Waals surface area contributed by atoms with Crippen molar-refractivity contribution in [3.8, 4) is 5.75 Å². The Bertz CT molecular complexity index is 1320. The smallest absolute Gasteiger partial charge is 0.416 e. The third-order valence-corrected chi connectivity index (χ3v) is 5.78. The molecule has 1 heterocycles. The Morgan fingerprint density at radius 2 is 1.54 bits per heavy atom. The number of ether oxygens (including phenoxy) is 1. The number of fused-ring (bicyclic) bond motifs is 1. The SMILES string of the molecule is CC1Oc2ccc(NC(=O)c3cc(C(F)(F)F)cc(C(F)(F)F)c3)cc2N(Cc2ccc(Cl)cc2)C1=O. The van der Waals surface area contributed by atoms with Crippen molar-refractivity contribution in [3.05, 3.63) is 87.9 Å². The van der Waals surface area contributed by atoms with Crippen LogP contribution < -0.4 is 15.0 Å². The van der Waals surface area contributed by atoms with Crippen molar-refractivity contribution in [2.24, 2.45) is 0 Å². The van der Waals surface area contributed by atoms with Gasteiger partial charge >= 0.3 is 12.4 Å². The monoisotopic (exact) mass is 542 g/mol. The Morgan fingerprint density at radius 3 is 2.11 bits per heavy atom. The number of carbonyl (C=O) groups is 2. The van der Waals surface area contributed by atoms with Gasteiger partial charge in [0.25, 0.3) is 11.8 Å². The first-order chi connectivity index (χ1) is 17.2. The fourth-order valence-corrected chi connectivity index (χ4v) is 3.84. The maximum atomic E-state index is 13.2. The van der Waals surface area contributed by atoms with Crippen LogP contribution >= 0.6 is 11.6 Å². The predicted molar refractivity (Wildman–Crippen MR) is 124 cm³/mol. The maximum absolute atomic E-state index is 13.2. The highest BCUT2D eigenvalue weighted by molar-refractivity contribution is 6.30. The van der Waals surface area contributed by atoms with Crippen LogP contribution in [0, 0.1) is 0 Å². The van der Waals surface area contributed by atoms with Crippen molar-refractivity contribution in [1.82, 2.24) is 0 Å². The maximum Gasteiger partial charge on any atom is 0.416 e. The molecule has 0 saturated heterocycles. The summed E-state index contributed by atoms with van der Waals surface area (Å²) >= 11 is 5.91. The van der Waals surface area contributed by atoms with Crippen molar-refractivity contribution < 1.29 is 40.7 Å². The first-order valence-electron chi connectivity index (χ1n) is 10.7. The lowest BCUT2D eigenvalue weighted by atomic mass is 10.0. The molecule has 1 unspecified atom stereocenters. The summed E-state index contributed by atoms with van der Waals surface area (Å²) in [5, 5.41) is 2.80. The molecule has 2 amide bonds. The Balaban J connectivity index is 1.66. The van der Waals surface area contributed by atoms with Gasteiger partial charge in [0.05, 0.1) is 23.4 Å². The molecule has 1 aliphatic rings. The van der Waals surface area contributed by atoms with Crippen LogP contribution in [-0.4, -0.2) is 17.9 Å². The number of anilines is 2. The number of hydrogen-bond donors (Lipinski definition) is 1. The van der Waals surface area contributed by atoms with E-state index in [1.165, 1.54) is 23.1 Å². The van der Waals surface area contributed by atoms with Gasteiger partial charge in [-0.2, -0.15) is 26.3 Å². The number of hydrogen-bond acceptors (Lipinski definition) is 3. The highest BCUT2D eigenvalue weighted by Gasteiger charge is 2.38. The minimum absolute atomic E-state index is 0.0294. The Kier molecular flexibility index (Phi) is 6.85. The lowest BCUT2D eigenvalue weighted by molar-refractivity contribution is -0.143. The van der Waals surface area contributed by atoms with Gasteiger partial charge in [-0.15, -0.1) is 0 Å². The molecule has 0 spiro atoms. The van der Waals surface area contributed by atoms with E-state index in [1.807, 2.05) is 0 Å². The molecule has 0 bridgehead atoms. The van der Waals surface area contributed by atoms with Crippen molar-refractivity contribution >= 4 is 34.8 Å². The van der Waals surface area contributed by atoms with E-state index in [9.17, 15) is 35.9 Å². The quantitative estimate of drug-likeness (QED) is 0.363. The number of carbonyl (C=O) groups excluding carboxylic acids is 2. The van der Waals surface area contributed by atoms with Gasteiger partial charge in [0.2, 0.25) is 0 Å². The molecule has 0 aromatic heterocycles. The average molecular weight is 543 g/mol. The van der Waals surface area contributed by atoms with Gasteiger partial charge in [0, 0.05) is 16.3 Å². The fourth-order valence-electron chi connectivity index (χ4n) is 3.71. The number of benzene rings is 3. The van der Waals surface area contributed by atoms with Crippen LogP contribution in [0.15, 0.2) is 60.7 Å². The lowest BCUT2D eigenvalue weighted by Crippen LogP contribution is -2.44. The second-order valence-electron chi connectivity index (χ2n) is 8.24. The lowest BCUT2D eigenvalue weighted by Gasteiger charge is -2.33. The number of amides is 2. The summed E-state index contributed by atoms with van der Waals surface area (Å²) in [6.45, 7) is 1.68. The van der Waals surface area contributed by atoms with Crippen LogP contribution in [-0.2, 0) is 23.7 Å². The van der Waals surface area contributed by atoms with Crippen LogP contribution in [0.4, 0.5) is 37.7 Å². The zero-order valence-corrected chi connectivity index (χ0v) is 19.6. The summed E-state index contributed by atoms with van der Waals surface area (Å²) in [6.07, 6.45) is -11.0. The van der Waals surface area contributed by atoms with Crippen LogP contribution in [0.5, 0.6) is 5.75 Å². The summed E-state index contributed by atoms with van der Waals surface area (Å²) in [5.41, 5.74) is -3.03. The van der Waals surface area contributed by atoms with Crippen molar-refractivity contribution in [1.29, 1.82) is 0 Å². The second kappa shape index (κ2) is 9.62. The number of nitrogens with one attached hydrogen (secondary N) is 1. The van der Waals surface area contributed by atoms with E-state index in [2.05, 4.69) is 5.32 Å². The third-order valence-electron chi connectivity index (χ3n) is 5.53. The molecular weight excluding hydrogens is 526 g/mol. The minimum atomic E-state index is -5.10. The molecular formula is C25H17ClF6N2O3. The van der Waals surface area contributed by atoms with Gasteiger partial charge < -0.3 is 15.0 Å². The largest absolute Gasteiger partial charge is 0.479 e. The topological polar surface area (TPSA) is 58.6 Å². The summed E-state index contributed by atoms with van der Waals surface area (Å²) < 4.78 is 84.6. The van der Waals surface area contributed by atoms with Gasteiger partial charge in [0.1, 0.15) is 5.75 Å². The van der Waals surface area contributed by atoms with Gasteiger partial charge in [-0.1, -0.05) is 23.7 Å². The molecule has 37 heavy (non-hydrogen) atoms. The average Bonchev–Trinajstić information content (AvgIpc) is 2.82. The summed E-state index contributed by atoms with van der Waals surface area (Å²) in [7, 11) is 0. The van der Waals surface area contributed by atoms with Crippen LogP contribution in [0.25, 0.3) is 0 Å². The normalized spacial score (nSPS) is 15.7. The Labute approximate surface area is 211 Å². The molecule has 0 aliphatic carbocycles. The van der Waals surface area contributed by atoms with Crippen molar-refractivity contribution in [2.45, 2.75) is 31.9 Å². The number of rotatable bonds is 4. The molecule has 4 rings (SSSR count). The second-order valence-corrected chi connectivity index (χ2v) is 8.68. The predicted octanol–water partition coefficient (Wildman–Crippen LogP) is 6.94. The molecule has 1 aliphatic heterocycles.